The molecule has 1 fully saturated rings. The highest BCUT2D eigenvalue weighted by atomic mass is 32.1. The molecule has 0 aliphatic heterocycles. The van der Waals surface area contributed by atoms with Crippen molar-refractivity contribution < 1.29 is 9.18 Å². The Morgan fingerprint density at radius 2 is 2.19 bits per heavy atom. The molecule has 0 saturated heterocycles. The van der Waals surface area contributed by atoms with Gasteiger partial charge in [-0.1, -0.05) is 12.1 Å². The molecule has 110 valence electrons. The maximum atomic E-state index is 13.7. The number of thiazole rings is 1. The van der Waals surface area contributed by atoms with Crippen LogP contribution >= 0.6 is 11.3 Å². The Labute approximate surface area is 126 Å². The number of urea groups is 1. The summed E-state index contributed by atoms with van der Waals surface area (Å²) in [6.07, 6.45) is 2.35. The largest absolute Gasteiger partial charge is 0.335 e. The number of anilines is 1. The first-order valence-corrected chi connectivity index (χ1v) is 7.79. The van der Waals surface area contributed by atoms with Crippen LogP contribution in [-0.4, -0.2) is 17.1 Å². The third-order valence-corrected chi connectivity index (χ3v) is 4.41. The highest BCUT2D eigenvalue weighted by Gasteiger charge is 2.28. The molecule has 0 spiro atoms. The summed E-state index contributed by atoms with van der Waals surface area (Å²) in [5.41, 5.74) is 0.447. The van der Waals surface area contributed by atoms with E-state index in [1.165, 1.54) is 30.2 Å². The maximum Gasteiger partial charge on any atom is 0.320 e. The van der Waals surface area contributed by atoms with Crippen molar-refractivity contribution >= 4 is 23.2 Å². The molecule has 21 heavy (non-hydrogen) atoms. The lowest BCUT2D eigenvalue weighted by Gasteiger charge is -2.12. The average molecular weight is 305 g/mol. The van der Waals surface area contributed by atoms with Gasteiger partial charge in [-0.05, 0) is 37.8 Å². The summed E-state index contributed by atoms with van der Waals surface area (Å²) >= 11 is 1.30. The van der Waals surface area contributed by atoms with Crippen LogP contribution in [0.2, 0.25) is 0 Å². The predicted molar refractivity (Wildman–Crippen MR) is 81.8 cm³/mol. The topological polar surface area (TPSA) is 54.0 Å². The zero-order chi connectivity index (χ0) is 14.8. The third kappa shape index (κ3) is 3.39. The van der Waals surface area contributed by atoms with Crippen molar-refractivity contribution in [3.05, 3.63) is 35.5 Å². The summed E-state index contributed by atoms with van der Waals surface area (Å²) in [5, 5.41) is 7.85. The van der Waals surface area contributed by atoms with Crippen LogP contribution < -0.4 is 10.6 Å². The Hall–Kier alpha value is -1.95. The maximum absolute atomic E-state index is 13.7. The van der Waals surface area contributed by atoms with Crippen LogP contribution in [0.3, 0.4) is 0 Å². The zero-order valence-corrected chi connectivity index (χ0v) is 12.4. The number of hydrogen-bond acceptors (Lipinski definition) is 3. The summed E-state index contributed by atoms with van der Waals surface area (Å²) in [6, 6.07) is 6.38. The SMILES string of the molecule is C[C@H](NC(=O)Nc1csc(-c2ccccc2F)n1)C1CC1. The molecule has 1 aliphatic carbocycles. The number of benzene rings is 1. The number of carbonyl (C=O) groups is 1. The molecule has 4 nitrogen and oxygen atoms in total. The summed E-state index contributed by atoms with van der Waals surface area (Å²) in [5.74, 6) is 0.726. The van der Waals surface area contributed by atoms with E-state index < -0.39 is 0 Å². The van der Waals surface area contributed by atoms with Crippen molar-refractivity contribution in [2.75, 3.05) is 5.32 Å². The van der Waals surface area contributed by atoms with E-state index in [-0.39, 0.29) is 17.9 Å². The van der Waals surface area contributed by atoms with Gasteiger partial charge < -0.3 is 5.32 Å². The van der Waals surface area contributed by atoms with Gasteiger partial charge >= 0.3 is 6.03 Å². The first-order valence-electron chi connectivity index (χ1n) is 6.91. The molecule has 0 unspecified atom stereocenters. The smallest absolute Gasteiger partial charge is 0.320 e. The van der Waals surface area contributed by atoms with Gasteiger partial charge in [-0.15, -0.1) is 11.3 Å². The lowest BCUT2D eigenvalue weighted by molar-refractivity contribution is 0.248. The summed E-state index contributed by atoms with van der Waals surface area (Å²) in [7, 11) is 0. The van der Waals surface area contributed by atoms with Crippen LogP contribution in [-0.2, 0) is 0 Å². The normalized spacial score (nSPS) is 15.5. The van der Waals surface area contributed by atoms with Gasteiger partial charge in [0.15, 0.2) is 0 Å². The second-order valence-corrected chi connectivity index (χ2v) is 6.10. The molecule has 1 aromatic heterocycles. The van der Waals surface area contributed by atoms with Crippen molar-refractivity contribution in [3.63, 3.8) is 0 Å². The predicted octanol–water partition coefficient (Wildman–Crippen LogP) is 3.87. The fourth-order valence-corrected chi connectivity index (χ4v) is 2.94. The lowest BCUT2D eigenvalue weighted by Crippen LogP contribution is -2.37. The minimum Gasteiger partial charge on any atom is -0.335 e. The van der Waals surface area contributed by atoms with Crippen LogP contribution in [0.25, 0.3) is 10.6 Å². The number of amides is 2. The van der Waals surface area contributed by atoms with Crippen molar-refractivity contribution in [2.24, 2.45) is 5.92 Å². The molecule has 6 heteroatoms. The third-order valence-electron chi connectivity index (χ3n) is 3.54. The molecular weight excluding hydrogens is 289 g/mol. The van der Waals surface area contributed by atoms with E-state index in [0.29, 0.717) is 22.3 Å². The second kappa shape index (κ2) is 5.81. The number of hydrogen-bond donors (Lipinski definition) is 2. The summed E-state index contributed by atoms with van der Waals surface area (Å²) in [4.78, 5) is 16.1. The Bertz CT molecular complexity index is 654. The Kier molecular flexibility index (Phi) is 3.88. The van der Waals surface area contributed by atoms with Gasteiger partial charge in [0.05, 0.1) is 0 Å². The van der Waals surface area contributed by atoms with E-state index in [2.05, 4.69) is 15.6 Å². The number of nitrogens with zero attached hydrogens (tertiary/aromatic N) is 1. The van der Waals surface area contributed by atoms with Gasteiger partial charge in [0.1, 0.15) is 16.6 Å². The number of carbonyl (C=O) groups excluding carboxylic acids is 1. The number of nitrogens with one attached hydrogen (secondary N) is 2. The van der Waals surface area contributed by atoms with E-state index in [4.69, 9.17) is 0 Å². The number of halogens is 1. The Balaban J connectivity index is 1.65. The van der Waals surface area contributed by atoms with Gasteiger partial charge in [-0.3, -0.25) is 5.32 Å². The molecule has 3 rings (SSSR count). The molecule has 1 aliphatic rings. The molecule has 2 amide bonds. The fraction of sp³-hybridized carbons (Fsp3) is 0.333. The quantitative estimate of drug-likeness (QED) is 0.901. The molecule has 2 N–H and O–H groups in total. The number of rotatable bonds is 4. The molecular formula is C15H16FN3OS. The fourth-order valence-electron chi connectivity index (χ4n) is 2.16. The number of aromatic nitrogens is 1. The second-order valence-electron chi connectivity index (χ2n) is 5.24. The van der Waals surface area contributed by atoms with Crippen LogP contribution in [0.4, 0.5) is 15.0 Å². The molecule has 0 radical (unpaired) electrons. The average Bonchev–Trinajstić information content (AvgIpc) is 3.21. The van der Waals surface area contributed by atoms with Crippen LogP contribution in [0.15, 0.2) is 29.6 Å². The van der Waals surface area contributed by atoms with Crippen molar-refractivity contribution in [3.8, 4) is 10.6 Å². The van der Waals surface area contributed by atoms with E-state index in [9.17, 15) is 9.18 Å². The first kappa shape index (κ1) is 14.0. The van der Waals surface area contributed by atoms with Crippen LogP contribution in [0, 0.1) is 11.7 Å². The molecule has 1 aromatic carbocycles. The van der Waals surface area contributed by atoms with Gasteiger partial charge in [0.25, 0.3) is 0 Å². The summed E-state index contributed by atoms with van der Waals surface area (Å²) < 4.78 is 13.7. The van der Waals surface area contributed by atoms with Crippen molar-refractivity contribution in [1.82, 2.24) is 10.3 Å². The molecule has 1 atom stereocenters. The van der Waals surface area contributed by atoms with Gasteiger partial charge in [-0.25, -0.2) is 14.2 Å². The Morgan fingerprint density at radius 3 is 2.90 bits per heavy atom. The van der Waals surface area contributed by atoms with Gasteiger partial charge in [-0.2, -0.15) is 0 Å². The highest BCUT2D eigenvalue weighted by molar-refractivity contribution is 7.13. The Morgan fingerprint density at radius 1 is 1.43 bits per heavy atom. The van der Waals surface area contributed by atoms with E-state index >= 15 is 0 Å². The minimum atomic E-state index is -0.315. The van der Waals surface area contributed by atoms with Crippen molar-refractivity contribution in [1.29, 1.82) is 0 Å². The summed E-state index contributed by atoms with van der Waals surface area (Å²) in [6.45, 7) is 2.00. The first-order chi connectivity index (χ1) is 10.1. The van der Waals surface area contributed by atoms with Crippen LogP contribution in [0.1, 0.15) is 19.8 Å². The minimum absolute atomic E-state index is 0.176. The molecule has 2 aromatic rings. The molecule has 0 bridgehead atoms. The van der Waals surface area contributed by atoms with Gasteiger partial charge in [0.2, 0.25) is 0 Å². The van der Waals surface area contributed by atoms with Gasteiger partial charge in [0, 0.05) is 17.0 Å². The van der Waals surface area contributed by atoms with E-state index in [1.54, 1.807) is 23.6 Å². The highest BCUT2D eigenvalue weighted by Crippen LogP contribution is 2.32. The van der Waals surface area contributed by atoms with E-state index in [0.717, 1.165) is 0 Å². The monoisotopic (exact) mass is 305 g/mol. The lowest BCUT2D eigenvalue weighted by atomic mass is 10.2. The standard InChI is InChI=1S/C15H16FN3OS/c1-9(10-6-7-10)17-15(20)19-13-8-21-14(18-13)11-4-2-3-5-12(11)16/h2-5,8-10H,6-7H2,1H3,(H2,17,19,20)/t9-/m0/s1. The molecule has 1 heterocycles. The van der Waals surface area contributed by atoms with E-state index in [1.807, 2.05) is 6.92 Å². The molecule has 1 saturated carbocycles. The van der Waals surface area contributed by atoms with Crippen LogP contribution in [0.5, 0.6) is 0 Å². The zero-order valence-electron chi connectivity index (χ0n) is 11.6. The van der Waals surface area contributed by atoms with Crippen molar-refractivity contribution in [2.45, 2.75) is 25.8 Å².